The normalized spacial score (nSPS) is 20.5. The molecule has 0 radical (unpaired) electrons. The van der Waals surface area contributed by atoms with Crippen molar-refractivity contribution in [2.75, 3.05) is 5.32 Å². The molecule has 1 heterocycles. The molecule has 2 atom stereocenters. The second-order valence-corrected chi connectivity index (χ2v) is 5.45. The van der Waals surface area contributed by atoms with Crippen LogP contribution in [0.25, 0.3) is 11.3 Å². The molecule has 3 rings (SSSR count). The van der Waals surface area contributed by atoms with E-state index in [-0.39, 0.29) is 13.3 Å². The van der Waals surface area contributed by atoms with Crippen molar-refractivity contribution < 1.29 is 6.22 Å². The Hall–Kier alpha value is -2.23. The van der Waals surface area contributed by atoms with E-state index in [0.29, 0.717) is 5.92 Å². The molecule has 1 fully saturated rings. The molecule has 104 valence electrons. The van der Waals surface area contributed by atoms with E-state index in [1.54, 1.807) is 6.20 Å². The number of aromatic nitrogens is 2. The summed E-state index contributed by atoms with van der Waals surface area (Å²) in [6.07, 6.45) is 2.65. The van der Waals surface area contributed by atoms with Crippen LogP contribution in [0.3, 0.4) is 0 Å². The molecule has 1 aromatic heterocycles. The van der Waals surface area contributed by atoms with Gasteiger partial charge in [-0.05, 0) is 49.1 Å². The molecule has 0 unspecified atom stereocenters. The van der Waals surface area contributed by atoms with Gasteiger partial charge in [0.25, 0.3) is 0 Å². The first kappa shape index (κ1) is 12.8. The van der Waals surface area contributed by atoms with E-state index in [2.05, 4.69) is 22.4 Å². The monoisotopic (exact) mass is 269 g/mol. The van der Waals surface area contributed by atoms with Crippen molar-refractivity contribution in [1.29, 1.82) is 0 Å². The van der Waals surface area contributed by atoms with E-state index < -0.39 is 0 Å². The van der Waals surface area contributed by atoms with Crippen LogP contribution < -0.4 is 5.32 Å². The van der Waals surface area contributed by atoms with Crippen molar-refractivity contribution in [3.8, 4) is 11.3 Å². The van der Waals surface area contributed by atoms with E-state index in [0.717, 1.165) is 28.9 Å². The van der Waals surface area contributed by atoms with Gasteiger partial charge in [-0.3, -0.25) is 4.79 Å². The minimum Gasteiger partial charge on any atom is -0.326 e. The molecule has 0 spiro atoms. The second-order valence-electron chi connectivity index (χ2n) is 5.45. The number of hydrogen-bond acceptors (Lipinski definition) is 3. The van der Waals surface area contributed by atoms with Gasteiger partial charge in [0.05, 0.1) is 5.69 Å². The van der Waals surface area contributed by atoms with Crippen LogP contribution in [0.15, 0.2) is 36.5 Å². The molecule has 1 N–H and O–H groups in total. The second kappa shape index (κ2) is 5.04. The van der Waals surface area contributed by atoms with E-state index in [9.17, 15) is 4.79 Å². The number of benzene rings is 1. The Balaban J connectivity index is 0.00000161. The Labute approximate surface area is 119 Å². The van der Waals surface area contributed by atoms with Gasteiger partial charge in [0, 0.05) is 24.8 Å². The predicted molar refractivity (Wildman–Crippen MR) is 80.2 cm³/mol. The van der Waals surface area contributed by atoms with Gasteiger partial charge in [-0.1, -0.05) is 13.0 Å². The van der Waals surface area contributed by atoms with Crippen LogP contribution in [0.1, 0.15) is 20.3 Å². The van der Waals surface area contributed by atoms with Crippen molar-refractivity contribution in [2.24, 2.45) is 11.8 Å². The first-order valence-corrected chi connectivity index (χ1v) is 6.85. The first-order valence-electron chi connectivity index (χ1n) is 6.85. The highest BCUT2D eigenvalue weighted by Crippen LogP contribution is 2.38. The lowest BCUT2D eigenvalue weighted by Crippen LogP contribution is -2.14. The fraction of sp³-hybridized carbons (Fsp3) is 0.312. The summed E-state index contributed by atoms with van der Waals surface area (Å²) in [6, 6.07) is 9.67. The van der Waals surface area contributed by atoms with Crippen LogP contribution >= 0.6 is 0 Å². The van der Waals surface area contributed by atoms with E-state index in [4.69, 9.17) is 0 Å². The largest absolute Gasteiger partial charge is 0.326 e. The summed E-state index contributed by atoms with van der Waals surface area (Å²) < 4.78 is 0. The zero-order valence-electron chi connectivity index (χ0n) is 11.6. The number of rotatable bonds is 3. The Morgan fingerprint density at radius 3 is 2.85 bits per heavy atom. The Bertz CT molecular complexity index is 645. The summed E-state index contributed by atoms with van der Waals surface area (Å²) in [4.78, 5) is 12.0. The van der Waals surface area contributed by atoms with Crippen molar-refractivity contribution in [1.82, 2.24) is 10.2 Å². The van der Waals surface area contributed by atoms with Crippen molar-refractivity contribution >= 4 is 11.6 Å². The number of aryl methyl sites for hydroxylation is 1. The number of hydrogen-bond donors (Lipinski definition) is 1. The summed E-state index contributed by atoms with van der Waals surface area (Å²) in [7, 11) is 0. The Kier molecular flexibility index (Phi) is 3.22. The molecule has 1 aromatic carbocycles. The maximum Gasteiger partial charge on any atom is 0.227 e. The minimum absolute atomic E-state index is 0. The molecule has 0 bridgehead atoms. The van der Waals surface area contributed by atoms with Gasteiger partial charge in [-0.2, -0.15) is 10.2 Å². The molecule has 1 saturated carbocycles. The summed E-state index contributed by atoms with van der Waals surface area (Å²) in [5, 5.41) is 11.0. The Morgan fingerprint density at radius 1 is 1.40 bits per heavy atom. The van der Waals surface area contributed by atoms with E-state index >= 15 is 0 Å². The fourth-order valence-corrected chi connectivity index (χ4v) is 2.34. The highest BCUT2D eigenvalue weighted by atomic mass is 16.2. The molecule has 20 heavy (non-hydrogen) atoms. The van der Waals surface area contributed by atoms with Gasteiger partial charge < -0.3 is 5.32 Å². The zero-order chi connectivity index (χ0) is 14.1. The van der Waals surface area contributed by atoms with Gasteiger partial charge in [0.15, 0.2) is 0 Å². The summed E-state index contributed by atoms with van der Waals surface area (Å²) in [5.41, 5.74) is 3.75. The van der Waals surface area contributed by atoms with Gasteiger partial charge in [-0.25, -0.2) is 0 Å². The average Bonchev–Trinajstić information content (AvgIpc) is 3.19. The molecule has 4 nitrogen and oxygen atoms in total. The van der Waals surface area contributed by atoms with E-state index in [1.165, 1.54) is 0 Å². The zero-order valence-corrected chi connectivity index (χ0v) is 11.6. The lowest BCUT2D eigenvalue weighted by molar-refractivity contribution is -0.117. The third-order valence-corrected chi connectivity index (χ3v) is 3.80. The van der Waals surface area contributed by atoms with Gasteiger partial charge >= 0.3 is 0 Å². The topological polar surface area (TPSA) is 54.9 Å². The number of anilines is 1. The molecule has 4 heteroatoms. The predicted octanol–water partition coefficient (Wildman–Crippen LogP) is 3.29. The molecule has 1 aliphatic rings. The SMILES string of the molecule is Cc1ccc(NC(=O)[C@@H]2C[C@H]2C)cc1-c1cccnn1.[HH]. The molecule has 1 aliphatic carbocycles. The highest BCUT2D eigenvalue weighted by molar-refractivity contribution is 5.95. The van der Waals surface area contributed by atoms with Crippen LogP contribution in [0.5, 0.6) is 0 Å². The minimum atomic E-state index is 0. The van der Waals surface area contributed by atoms with Crippen LogP contribution in [0.2, 0.25) is 0 Å². The van der Waals surface area contributed by atoms with E-state index in [1.807, 2.05) is 37.3 Å². The quantitative estimate of drug-likeness (QED) is 0.930. The molecular weight excluding hydrogens is 250 g/mol. The number of nitrogens with zero attached hydrogens (tertiary/aromatic N) is 2. The number of amides is 1. The van der Waals surface area contributed by atoms with Crippen molar-refractivity contribution in [3.63, 3.8) is 0 Å². The molecule has 2 aromatic rings. The van der Waals surface area contributed by atoms with Crippen molar-refractivity contribution in [3.05, 3.63) is 42.1 Å². The van der Waals surface area contributed by atoms with Crippen LogP contribution in [-0.4, -0.2) is 16.1 Å². The number of nitrogens with one attached hydrogen (secondary N) is 1. The smallest absolute Gasteiger partial charge is 0.227 e. The molecule has 0 aliphatic heterocycles. The van der Waals surface area contributed by atoms with Gasteiger partial charge in [0.2, 0.25) is 5.91 Å². The summed E-state index contributed by atoms with van der Waals surface area (Å²) >= 11 is 0. The fourth-order valence-electron chi connectivity index (χ4n) is 2.34. The van der Waals surface area contributed by atoms with Crippen molar-refractivity contribution in [2.45, 2.75) is 20.3 Å². The van der Waals surface area contributed by atoms with Gasteiger partial charge in [-0.15, -0.1) is 0 Å². The number of carbonyl (C=O) groups is 1. The van der Waals surface area contributed by atoms with Gasteiger partial charge in [0.1, 0.15) is 0 Å². The third kappa shape index (κ3) is 2.54. The highest BCUT2D eigenvalue weighted by Gasteiger charge is 2.39. The first-order chi connectivity index (χ1) is 9.65. The maximum atomic E-state index is 12.0. The average molecular weight is 269 g/mol. The lowest BCUT2D eigenvalue weighted by Gasteiger charge is -2.09. The maximum absolute atomic E-state index is 12.0. The van der Waals surface area contributed by atoms with Crippen LogP contribution in [-0.2, 0) is 4.79 Å². The van der Waals surface area contributed by atoms with Crippen LogP contribution in [0.4, 0.5) is 5.69 Å². The molecule has 1 amide bonds. The molecular formula is C16H19N3O. The summed E-state index contributed by atoms with van der Waals surface area (Å²) in [6.45, 7) is 4.13. The van der Waals surface area contributed by atoms with Crippen LogP contribution in [0, 0.1) is 18.8 Å². The summed E-state index contributed by atoms with van der Waals surface area (Å²) in [5.74, 6) is 0.808. The standard InChI is InChI=1S/C16H17N3O.H2/c1-10-5-6-12(18-16(20)14-8-11(14)2)9-13(10)15-4-3-7-17-19-15;/h3-7,9,11,14H,8H2,1-2H3,(H,18,20);1H/t11-,14-;/m1./s1. The third-order valence-electron chi connectivity index (χ3n) is 3.80. The Morgan fingerprint density at radius 2 is 2.20 bits per heavy atom. The lowest BCUT2D eigenvalue weighted by atomic mass is 10.0. The molecule has 0 saturated heterocycles. The number of carbonyl (C=O) groups excluding carboxylic acids is 1.